The standard InChI is InChI=1S/C29H37FO/c1-3-5-7-8-23-11-16-26(17-12-23)27-18-13-24(14-19-27)9-10-25-15-20-29(28(30)22-25)31-21-6-4-2/h13-15,18-20,22-23,26H,3-8,11-12,16-17,21H2,1-2H3/t23-,26-. The quantitative estimate of drug-likeness (QED) is 0.293. The van der Waals surface area contributed by atoms with Crippen molar-refractivity contribution in [3.05, 3.63) is 65.0 Å². The Bertz CT molecular complexity index is 851. The van der Waals surface area contributed by atoms with Gasteiger partial charge in [-0.2, -0.15) is 0 Å². The number of hydrogen-bond acceptors (Lipinski definition) is 1. The highest BCUT2D eigenvalue weighted by Gasteiger charge is 2.21. The predicted molar refractivity (Wildman–Crippen MR) is 128 cm³/mol. The minimum Gasteiger partial charge on any atom is -0.491 e. The van der Waals surface area contributed by atoms with E-state index in [4.69, 9.17) is 4.74 Å². The van der Waals surface area contributed by atoms with Crippen LogP contribution in [0, 0.1) is 23.6 Å². The van der Waals surface area contributed by atoms with Gasteiger partial charge in [0.2, 0.25) is 0 Å². The average molecular weight is 421 g/mol. The molecular formula is C29H37FO. The van der Waals surface area contributed by atoms with Gasteiger partial charge in [-0.1, -0.05) is 69.9 Å². The van der Waals surface area contributed by atoms with Crippen molar-refractivity contribution in [3.63, 3.8) is 0 Å². The Morgan fingerprint density at radius 2 is 1.52 bits per heavy atom. The molecule has 0 heterocycles. The number of benzene rings is 2. The Hall–Kier alpha value is -2.27. The lowest BCUT2D eigenvalue weighted by Gasteiger charge is -2.29. The molecule has 0 saturated heterocycles. The summed E-state index contributed by atoms with van der Waals surface area (Å²) in [6, 6.07) is 13.6. The van der Waals surface area contributed by atoms with E-state index in [0.29, 0.717) is 23.8 Å². The van der Waals surface area contributed by atoms with Gasteiger partial charge in [0.15, 0.2) is 11.6 Å². The van der Waals surface area contributed by atoms with Crippen LogP contribution in [0.1, 0.15) is 101 Å². The first-order valence-electron chi connectivity index (χ1n) is 12.2. The first-order chi connectivity index (χ1) is 15.2. The predicted octanol–water partition coefficient (Wildman–Crippen LogP) is 8.26. The third-order valence-corrected chi connectivity index (χ3v) is 6.48. The van der Waals surface area contributed by atoms with Crippen molar-refractivity contribution in [2.45, 2.75) is 84.0 Å². The minimum absolute atomic E-state index is 0.309. The van der Waals surface area contributed by atoms with E-state index in [2.05, 4.69) is 50.0 Å². The second-order valence-corrected chi connectivity index (χ2v) is 8.93. The molecule has 0 atom stereocenters. The van der Waals surface area contributed by atoms with Crippen LogP contribution in [-0.4, -0.2) is 6.61 Å². The van der Waals surface area contributed by atoms with E-state index in [1.165, 1.54) is 63.0 Å². The Morgan fingerprint density at radius 3 is 2.19 bits per heavy atom. The Kier molecular flexibility index (Phi) is 9.47. The average Bonchev–Trinajstić information content (AvgIpc) is 2.80. The summed E-state index contributed by atoms with van der Waals surface area (Å²) in [5.41, 5.74) is 3.09. The van der Waals surface area contributed by atoms with Crippen LogP contribution in [0.4, 0.5) is 4.39 Å². The van der Waals surface area contributed by atoms with E-state index in [0.717, 1.165) is 24.3 Å². The summed E-state index contributed by atoms with van der Waals surface area (Å²) in [6.45, 7) is 4.92. The largest absolute Gasteiger partial charge is 0.491 e. The molecule has 0 bridgehead atoms. The maximum absolute atomic E-state index is 14.2. The van der Waals surface area contributed by atoms with Crippen LogP contribution in [0.15, 0.2) is 42.5 Å². The van der Waals surface area contributed by atoms with Gasteiger partial charge in [-0.15, -0.1) is 0 Å². The number of halogens is 1. The zero-order valence-electron chi connectivity index (χ0n) is 19.3. The van der Waals surface area contributed by atoms with Crippen LogP contribution in [-0.2, 0) is 0 Å². The number of rotatable bonds is 9. The SMILES string of the molecule is CCCCC[C@H]1CC[C@H](c2ccc(C#Cc3ccc(OCCCC)c(F)c3)cc2)CC1. The van der Waals surface area contributed by atoms with Crippen LogP contribution >= 0.6 is 0 Å². The molecule has 0 unspecified atom stereocenters. The zero-order valence-corrected chi connectivity index (χ0v) is 19.3. The molecule has 1 aliphatic carbocycles. The molecule has 1 fully saturated rings. The fraction of sp³-hybridized carbons (Fsp3) is 0.517. The molecule has 0 spiro atoms. The number of unbranched alkanes of at least 4 members (excludes halogenated alkanes) is 3. The van der Waals surface area contributed by atoms with Gasteiger partial charge in [-0.3, -0.25) is 0 Å². The highest BCUT2D eigenvalue weighted by atomic mass is 19.1. The van der Waals surface area contributed by atoms with Gasteiger partial charge in [-0.25, -0.2) is 4.39 Å². The smallest absolute Gasteiger partial charge is 0.166 e. The van der Waals surface area contributed by atoms with Crippen LogP contribution < -0.4 is 4.74 Å². The van der Waals surface area contributed by atoms with E-state index in [1.807, 2.05) is 6.07 Å². The molecule has 0 radical (unpaired) electrons. The monoisotopic (exact) mass is 420 g/mol. The van der Waals surface area contributed by atoms with E-state index in [9.17, 15) is 4.39 Å². The van der Waals surface area contributed by atoms with Crippen molar-refractivity contribution in [1.29, 1.82) is 0 Å². The van der Waals surface area contributed by atoms with Crippen molar-refractivity contribution >= 4 is 0 Å². The van der Waals surface area contributed by atoms with Crippen molar-refractivity contribution in [2.75, 3.05) is 6.61 Å². The highest BCUT2D eigenvalue weighted by molar-refractivity contribution is 5.45. The molecule has 31 heavy (non-hydrogen) atoms. The molecule has 0 N–H and O–H groups in total. The summed E-state index contributed by atoms with van der Waals surface area (Å²) in [5, 5.41) is 0. The normalized spacial score (nSPS) is 18.3. The maximum Gasteiger partial charge on any atom is 0.166 e. The third-order valence-electron chi connectivity index (χ3n) is 6.48. The molecule has 1 nitrogen and oxygen atoms in total. The summed E-state index contributed by atoms with van der Waals surface area (Å²) in [5.74, 6) is 7.85. The molecule has 166 valence electrons. The topological polar surface area (TPSA) is 9.23 Å². The molecule has 0 amide bonds. The van der Waals surface area contributed by atoms with E-state index in [-0.39, 0.29) is 5.82 Å². The summed E-state index contributed by atoms with van der Waals surface area (Å²) < 4.78 is 19.7. The number of ether oxygens (including phenoxy) is 1. The first kappa shape index (κ1) is 23.4. The fourth-order valence-electron chi connectivity index (χ4n) is 4.47. The van der Waals surface area contributed by atoms with Gasteiger partial charge in [-0.05, 0) is 79.8 Å². The fourth-order valence-corrected chi connectivity index (χ4v) is 4.47. The van der Waals surface area contributed by atoms with Crippen LogP contribution in [0.2, 0.25) is 0 Å². The van der Waals surface area contributed by atoms with Crippen molar-refractivity contribution in [3.8, 4) is 17.6 Å². The van der Waals surface area contributed by atoms with E-state index in [1.54, 1.807) is 6.07 Å². The molecular weight excluding hydrogens is 383 g/mol. The van der Waals surface area contributed by atoms with Crippen LogP contribution in [0.25, 0.3) is 0 Å². The highest BCUT2D eigenvalue weighted by Crippen LogP contribution is 2.37. The summed E-state index contributed by atoms with van der Waals surface area (Å²) >= 11 is 0. The summed E-state index contributed by atoms with van der Waals surface area (Å²) in [4.78, 5) is 0. The second kappa shape index (κ2) is 12.6. The Balaban J connectivity index is 1.52. The molecule has 0 aliphatic heterocycles. The summed E-state index contributed by atoms with van der Waals surface area (Å²) in [7, 11) is 0. The molecule has 2 aromatic rings. The van der Waals surface area contributed by atoms with Gasteiger partial charge >= 0.3 is 0 Å². The lowest BCUT2D eigenvalue weighted by molar-refractivity contribution is 0.294. The maximum atomic E-state index is 14.2. The molecule has 0 aromatic heterocycles. The lowest BCUT2D eigenvalue weighted by atomic mass is 9.77. The summed E-state index contributed by atoms with van der Waals surface area (Å²) in [6.07, 6.45) is 12.9. The third kappa shape index (κ3) is 7.42. The molecule has 2 aromatic carbocycles. The van der Waals surface area contributed by atoms with Crippen molar-refractivity contribution in [2.24, 2.45) is 5.92 Å². The lowest BCUT2D eigenvalue weighted by Crippen LogP contribution is -2.13. The Morgan fingerprint density at radius 1 is 0.839 bits per heavy atom. The van der Waals surface area contributed by atoms with E-state index < -0.39 is 0 Å². The van der Waals surface area contributed by atoms with Crippen LogP contribution in [0.3, 0.4) is 0 Å². The second-order valence-electron chi connectivity index (χ2n) is 8.93. The Labute approximate surface area is 188 Å². The van der Waals surface area contributed by atoms with Crippen molar-refractivity contribution < 1.29 is 9.13 Å². The van der Waals surface area contributed by atoms with E-state index >= 15 is 0 Å². The molecule has 1 saturated carbocycles. The minimum atomic E-state index is -0.344. The van der Waals surface area contributed by atoms with Gasteiger partial charge in [0.05, 0.1) is 6.61 Å². The number of hydrogen-bond donors (Lipinski definition) is 0. The molecule has 2 heteroatoms. The van der Waals surface area contributed by atoms with Crippen LogP contribution in [0.5, 0.6) is 5.75 Å². The van der Waals surface area contributed by atoms with Gasteiger partial charge in [0.1, 0.15) is 0 Å². The van der Waals surface area contributed by atoms with Gasteiger partial charge in [0.25, 0.3) is 0 Å². The molecule has 1 aliphatic rings. The van der Waals surface area contributed by atoms with Crippen molar-refractivity contribution in [1.82, 2.24) is 0 Å². The van der Waals surface area contributed by atoms with Gasteiger partial charge < -0.3 is 4.74 Å². The molecule has 3 rings (SSSR count). The van der Waals surface area contributed by atoms with Gasteiger partial charge in [0, 0.05) is 11.1 Å². The first-order valence-corrected chi connectivity index (χ1v) is 12.2. The zero-order chi connectivity index (χ0) is 21.9.